The number of hydrogen-bond acceptors (Lipinski definition) is 2. The van der Waals surface area contributed by atoms with E-state index >= 15 is 0 Å². The molecule has 0 bridgehead atoms. The molecule has 1 saturated carbocycles. The Hall–Kier alpha value is -0.0800. The van der Waals surface area contributed by atoms with Crippen LogP contribution in [-0.4, -0.2) is 17.7 Å². The lowest BCUT2D eigenvalue weighted by Gasteiger charge is -2.51. The molecule has 0 spiro atoms. The second kappa shape index (κ2) is 2.71. The van der Waals surface area contributed by atoms with Crippen molar-refractivity contribution in [3.63, 3.8) is 0 Å². The van der Waals surface area contributed by atoms with Crippen LogP contribution in [0.4, 0.5) is 0 Å². The highest BCUT2D eigenvalue weighted by Crippen LogP contribution is 2.42. The highest BCUT2D eigenvalue weighted by atomic mass is 16.5. The molecule has 72 valence electrons. The van der Waals surface area contributed by atoms with Crippen LogP contribution in [0.15, 0.2) is 0 Å². The Morgan fingerprint density at radius 2 is 1.83 bits per heavy atom. The zero-order chi connectivity index (χ0) is 9.57. The summed E-state index contributed by atoms with van der Waals surface area (Å²) in [4.78, 5) is 0. The van der Waals surface area contributed by atoms with E-state index < -0.39 is 0 Å². The topological polar surface area (TPSA) is 35.2 Å². The minimum Gasteiger partial charge on any atom is -0.372 e. The first-order valence-corrected chi connectivity index (χ1v) is 4.67. The number of hydrogen-bond donors (Lipinski definition) is 1. The van der Waals surface area contributed by atoms with E-state index in [4.69, 9.17) is 10.5 Å². The van der Waals surface area contributed by atoms with E-state index in [0.717, 1.165) is 6.42 Å². The maximum Gasteiger partial charge on any atom is 0.0662 e. The molecular formula is C10H21NO. The summed E-state index contributed by atoms with van der Waals surface area (Å²) in [6, 6.07) is 0.310. The van der Waals surface area contributed by atoms with E-state index in [1.807, 2.05) is 0 Å². The Morgan fingerprint density at radius 3 is 2.08 bits per heavy atom. The predicted octanol–water partition coefficient (Wildman–Crippen LogP) is 1.93. The lowest BCUT2D eigenvalue weighted by Crippen LogP contribution is -2.60. The van der Waals surface area contributed by atoms with Crippen LogP contribution in [0.3, 0.4) is 0 Å². The molecule has 0 aliphatic heterocycles. The first-order valence-electron chi connectivity index (χ1n) is 4.67. The molecule has 1 fully saturated rings. The highest BCUT2D eigenvalue weighted by molar-refractivity contribution is 5.01. The van der Waals surface area contributed by atoms with Crippen LogP contribution in [0, 0.1) is 5.41 Å². The summed E-state index contributed by atoms with van der Waals surface area (Å²) < 4.78 is 5.88. The Morgan fingerprint density at radius 1 is 1.33 bits per heavy atom. The van der Waals surface area contributed by atoms with Gasteiger partial charge in [0, 0.05) is 11.5 Å². The van der Waals surface area contributed by atoms with Gasteiger partial charge in [-0.25, -0.2) is 0 Å². The van der Waals surface area contributed by atoms with Crippen molar-refractivity contribution in [3.8, 4) is 0 Å². The van der Waals surface area contributed by atoms with Gasteiger partial charge in [0.15, 0.2) is 0 Å². The monoisotopic (exact) mass is 171 g/mol. The summed E-state index contributed by atoms with van der Waals surface area (Å²) in [5.74, 6) is 0. The summed E-state index contributed by atoms with van der Waals surface area (Å²) in [5.41, 5.74) is 6.01. The van der Waals surface area contributed by atoms with Crippen molar-refractivity contribution in [1.29, 1.82) is 0 Å². The Kier molecular flexibility index (Phi) is 2.26. The van der Waals surface area contributed by atoms with Crippen molar-refractivity contribution in [2.75, 3.05) is 0 Å². The van der Waals surface area contributed by atoms with Crippen LogP contribution in [-0.2, 0) is 4.74 Å². The van der Waals surface area contributed by atoms with E-state index in [1.165, 1.54) is 0 Å². The minimum atomic E-state index is -0.0396. The molecule has 0 aromatic rings. The first kappa shape index (κ1) is 10.0. The van der Waals surface area contributed by atoms with Crippen molar-refractivity contribution in [3.05, 3.63) is 0 Å². The van der Waals surface area contributed by atoms with Gasteiger partial charge < -0.3 is 10.5 Å². The number of ether oxygens (including phenoxy) is 1. The summed E-state index contributed by atoms with van der Waals surface area (Å²) in [6.45, 7) is 10.6. The maximum atomic E-state index is 5.89. The molecule has 2 nitrogen and oxygen atoms in total. The molecule has 0 aromatic heterocycles. The Bertz CT molecular complexity index is 169. The lowest BCUT2D eigenvalue weighted by atomic mass is 9.65. The van der Waals surface area contributed by atoms with E-state index in [1.54, 1.807) is 0 Å². The van der Waals surface area contributed by atoms with Gasteiger partial charge in [0.2, 0.25) is 0 Å². The summed E-state index contributed by atoms with van der Waals surface area (Å²) >= 11 is 0. The highest BCUT2D eigenvalue weighted by Gasteiger charge is 2.48. The average molecular weight is 171 g/mol. The van der Waals surface area contributed by atoms with Crippen molar-refractivity contribution < 1.29 is 4.74 Å². The standard InChI is InChI=1S/C10H21NO/c1-9(2,3)12-8-6-7(11)10(8,4)5/h7-8H,6,11H2,1-5H3/t7-,8+/m1/s1. The zero-order valence-corrected chi connectivity index (χ0v) is 8.85. The largest absolute Gasteiger partial charge is 0.372 e. The zero-order valence-electron chi connectivity index (χ0n) is 8.85. The quantitative estimate of drug-likeness (QED) is 0.654. The van der Waals surface area contributed by atoms with Gasteiger partial charge in [-0.2, -0.15) is 0 Å². The minimum absolute atomic E-state index is 0.0396. The third kappa shape index (κ3) is 1.80. The van der Waals surface area contributed by atoms with Crippen LogP contribution in [0.5, 0.6) is 0 Å². The fraction of sp³-hybridized carbons (Fsp3) is 1.00. The second-order valence-electron chi connectivity index (χ2n) is 5.38. The van der Waals surface area contributed by atoms with Crippen LogP contribution in [0.25, 0.3) is 0 Å². The van der Waals surface area contributed by atoms with Gasteiger partial charge in [0.1, 0.15) is 0 Å². The molecule has 0 saturated heterocycles. The van der Waals surface area contributed by atoms with Crippen molar-refractivity contribution in [1.82, 2.24) is 0 Å². The molecule has 1 rings (SSSR count). The van der Waals surface area contributed by atoms with Gasteiger partial charge in [-0.15, -0.1) is 0 Å². The second-order valence-corrected chi connectivity index (χ2v) is 5.38. The fourth-order valence-electron chi connectivity index (χ4n) is 1.54. The summed E-state index contributed by atoms with van der Waals surface area (Å²) in [7, 11) is 0. The van der Waals surface area contributed by atoms with Crippen LogP contribution in [0.2, 0.25) is 0 Å². The Balaban J connectivity index is 2.48. The third-order valence-electron chi connectivity index (χ3n) is 2.75. The molecule has 12 heavy (non-hydrogen) atoms. The van der Waals surface area contributed by atoms with E-state index in [-0.39, 0.29) is 11.0 Å². The van der Waals surface area contributed by atoms with E-state index in [2.05, 4.69) is 34.6 Å². The normalized spacial score (nSPS) is 34.5. The Labute approximate surface area is 75.5 Å². The fourth-order valence-corrected chi connectivity index (χ4v) is 1.54. The molecule has 0 radical (unpaired) electrons. The van der Waals surface area contributed by atoms with Crippen molar-refractivity contribution >= 4 is 0 Å². The van der Waals surface area contributed by atoms with E-state index in [0.29, 0.717) is 12.1 Å². The van der Waals surface area contributed by atoms with Gasteiger partial charge in [-0.05, 0) is 27.2 Å². The van der Waals surface area contributed by atoms with E-state index in [9.17, 15) is 0 Å². The molecule has 1 aliphatic rings. The van der Waals surface area contributed by atoms with Gasteiger partial charge in [0.05, 0.1) is 11.7 Å². The molecule has 0 aromatic carbocycles. The van der Waals surface area contributed by atoms with Gasteiger partial charge in [0.25, 0.3) is 0 Å². The summed E-state index contributed by atoms with van der Waals surface area (Å²) in [5, 5.41) is 0. The summed E-state index contributed by atoms with van der Waals surface area (Å²) in [6.07, 6.45) is 1.34. The van der Waals surface area contributed by atoms with Crippen molar-refractivity contribution in [2.24, 2.45) is 11.1 Å². The SMILES string of the molecule is CC(C)(C)O[C@H]1C[C@@H](N)C1(C)C. The average Bonchev–Trinajstić information content (AvgIpc) is 1.84. The smallest absolute Gasteiger partial charge is 0.0662 e. The first-order chi connectivity index (χ1) is 5.23. The molecule has 2 atom stereocenters. The maximum absolute atomic E-state index is 5.89. The van der Waals surface area contributed by atoms with Crippen LogP contribution >= 0.6 is 0 Å². The van der Waals surface area contributed by atoms with Crippen LogP contribution < -0.4 is 5.73 Å². The van der Waals surface area contributed by atoms with Gasteiger partial charge in [-0.3, -0.25) is 0 Å². The molecule has 2 heteroatoms. The molecule has 2 N–H and O–H groups in total. The molecule has 0 unspecified atom stereocenters. The van der Waals surface area contributed by atoms with Crippen molar-refractivity contribution in [2.45, 2.75) is 58.8 Å². The number of nitrogens with two attached hydrogens (primary N) is 1. The molecule has 0 amide bonds. The van der Waals surface area contributed by atoms with Gasteiger partial charge >= 0.3 is 0 Å². The third-order valence-corrected chi connectivity index (χ3v) is 2.75. The molecule has 0 heterocycles. The number of rotatable bonds is 1. The predicted molar refractivity (Wildman–Crippen MR) is 51.0 cm³/mol. The van der Waals surface area contributed by atoms with Gasteiger partial charge in [-0.1, -0.05) is 13.8 Å². The molecular weight excluding hydrogens is 150 g/mol. The van der Waals surface area contributed by atoms with Crippen LogP contribution in [0.1, 0.15) is 41.0 Å². The lowest BCUT2D eigenvalue weighted by molar-refractivity contribution is -0.166. The molecule has 1 aliphatic carbocycles.